The molecule has 0 fully saturated rings. The molecule has 2 aromatic rings. The van der Waals surface area contributed by atoms with E-state index < -0.39 is 17.5 Å². The molecule has 3 nitrogen and oxygen atoms in total. The molecule has 0 aromatic heterocycles. The van der Waals surface area contributed by atoms with Gasteiger partial charge in [0.05, 0.1) is 0 Å². The summed E-state index contributed by atoms with van der Waals surface area (Å²) in [6.45, 7) is 0. The van der Waals surface area contributed by atoms with Gasteiger partial charge in [0.25, 0.3) is 0 Å². The fourth-order valence-electron chi connectivity index (χ4n) is 1.60. The van der Waals surface area contributed by atoms with Crippen molar-refractivity contribution in [3.8, 4) is 11.1 Å². The van der Waals surface area contributed by atoms with E-state index in [-0.39, 0.29) is 11.1 Å². The number of halogens is 2. The van der Waals surface area contributed by atoms with Crippen LogP contribution in [0.5, 0.6) is 0 Å². The van der Waals surface area contributed by atoms with Crippen molar-refractivity contribution in [2.45, 2.75) is 0 Å². The van der Waals surface area contributed by atoms with Crippen LogP contribution in [0.25, 0.3) is 11.1 Å². The van der Waals surface area contributed by atoms with E-state index >= 15 is 0 Å². The van der Waals surface area contributed by atoms with Gasteiger partial charge in [-0.25, -0.2) is 8.78 Å². The lowest BCUT2D eigenvalue weighted by molar-refractivity contribution is 0.1000. The molecule has 0 bridgehead atoms. The molecule has 0 saturated heterocycles. The van der Waals surface area contributed by atoms with Crippen molar-refractivity contribution in [1.29, 1.82) is 0 Å². The van der Waals surface area contributed by atoms with Crippen molar-refractivity contribution < 1.29 is 13.6 Å². The Kier molecular flexibility index (Phi) is 2.97. The average molecular weight is 248 g/mol. The Morgan fingerprint density at radius 2 is 1.67 bits per heavy atom. The summed E-state index contributed by atoms with van der Waals surface area (Å²) in [5, 5.41) is 0. The highest BCUT2D eigenvalue weighted by Crippen LogP contribution is 2.26. The van der Waals surface area contributed by atoms with Crippen molar-refractivity contribution in [2.24, 2.45) is 5.73 Å². The molecule has 0 aliphatic heterocycles. The molecule has 0 saturated carbocycles. The number of carbonyl (C=O) groups is 1. The number of benzene rings is 2. The monoisotopic (exact) mass is 248 g/mol. The van der Waals surface area contributed by atoms with Gasteiger partial charge in [-0.1, -0.05) is 12.1 Å². The number of carbonyl (C=O) groups excluding carboxylic acids is 1. The third-order valence-electron chi connectivity index (χ3n) is 2.53. The van der Waals surface area contributed by atoms with E-state index in [1.807, 2.05) is 0 Å². The molecule has 0 heterocycles. The number of nitrogens with two attached hydrogens (primary N) is 2. The SMILES string of the molecule is NC(=O)c1cc(F)c(F)c(-c2ccc(N)cc2)c1. The number of primary amides is 1. The minimum atomic E-state index is -1.11. The molecule has 5 heteroatoms. The Hall–Kier alpha value is -2.43. The standard InChI is InChI=1S/C13H10F2N2O/c14-11-6-8(13(17)18)5-10(12(11)15)7-1-3-9(16)4-2-7/h1-6H,16H2,(H2,17,18). The van der Waals surface area contributed by atoms with Crippen LogP contribution >= 0.6 is 0 Å². The van der Waals surface area contributed by atoms with Crippen LogP contribution in [-0.4, -0.2) is 5.91 Å². The van der Waals surface area contributed by atoms with Gasteiger partial charge in [-0.05, 0) is 29.8 Å². The Morgan fingerprint density at radius 3 is 2.22 bits per heavy atom. The third kappa shape index (κ3) is 2.15. The zero-order chi connectivity index (χ0) is 13.3. The maximum absolute atomic E-state index is 13.7. The first-order valence-electron chi connectivity index (χ1n) is 5.14. The number of nitrogen functional groups attached to an aromatic ring is 1. The fraction of sp³-hybridized carbons (Fsp3) is 0. The van der Waals surface area contributed by atoms with Gasteiger partial charge < -0.3 is 11.5 Å². The van der Waals surface area contributed by atoms with Gasteiger partial charge in [0.2, 0.25) is 5.91 Å². The molecule has 1 amide bonds. The third-order valence-corrected chi connectivity index (χ3v) is 2.53. The summed E-state index contributed by atoms with van der Waals surface area (Å²) in [5.41, 5.74) is 11.4. The van der Waals surface area contributed by atoms with E-state index in [4.69, 9.17) is 11.5 Å². The normalized spacial score (nSPS) is 10.3. The molecule has 2 aromatic carbocycles. The second kappa shape index (κ2) is 4.44. The van der Waals surface area contributed by atoms with E-state index in [1.165, 1.54) is 18.2 Å². The molecule has 4 N–H and O–H groups in total. The van der Waals surface area contributed by atoms with E-state index in [0.717, 1.165) is 6.07 Å². The van der Waals surface area contributed by atoms with Gasteiger partial charge >= 0.3 is 0 Å². The zero-order valence-corrected chi connectivity index (χ0v) is 9.28. The predicted molar refractivity (Wildman–Crippen MR) is 64.7 cm³/mol. The average Bonchev–Trinajstić information content (AvgIpc) is 2.33. The lowest BCUT2D eigenvalue weighted by Crippen LogP contribution is -2.12. The van der Waals surface area contributed by atoms with Crippen molar-refractivity contribution in [1.82, 2.24) is 0 Å². The quantitative estimate of drug-likeness (QED) is 0.801. The Bertz CT molecular complexity index is 609. The van der Waals surface area contributed by atoms with Crippen molar-refractivity contribution in [3.05, 3.63) is 53.6 Å². The van der Waals surface area contributed by atoms with Crippen LogP contribution in [0, 0.1) is 11.6 Å². The topological polar surface area (TPSA) is 69.1 Å². The summed E-state index contributed by atoms with van der Waals surface area (Å²) in [6, 6.07) is 8.19. The molecule has 2 rings (SSSR count). The summed E-state index contributed by atoms with van der Waals surface area (Å²) in [5.74, 6) is -2.95. The number of hydrogen-bond acceptors (Lipinski definition) is 2. The first kappa shape index (κ1) is 12.0. The van der Waals surface area contributed by atoms with Crippen molar-refractivity contribution in [3.63, 3.8) is 0 Å². The maximum atomic E-state index is 13.7. The molecule has 0 aliphatic rings. The summed E-state index contributed by atoms with van der Waals surface area (Å²) < 4.78 is 27.0. The van der Waals surface area contributed by atoms with Crippen LogP contribution in [0.15, 0.2) is 36.4 Å². The maximum Gasteiger partial charge on any atom is 0.248 e. The highest BCUT2D eigenvalue weighted by atomic mass is 19.2. The van der Waals surface area contributed by atoms with Crippen LogP contribution in [0.1, 0.15) is 10.4 Å². The molecule has 0 aliphatic carbocycles. The van der Waals surface area contributed by atoms with E-state index in [2.05, 4.69) is 0 Å². The van der Waals surface area contributed by atoms with E-state index in [0.29, 0.717) is 11.3 Å². The van der Waals surface area contributed by atoms with Crippen molar-refractivity contribution in [2.75, 3.05) is 5.73 Å². The van der Waals surface area contributed by atoms with Gasteiger partial charge in [0.1, 0.15) is 0 Å². The molecule has 92 valence electrons. The van der Waals surface area contributed by atoms with Crippen LogP contribution < -0.4 is 11.5 Å². The second-order valence-electron chi connectivity index (χ2n) is 3.81. The summed E-state index contributed by atoms with van der Waals surface area (Å²) in [7, 11) is 0. The van der Waals surface area contributed by atoms with E-state index in [9.17, 15) is 13.6 Å². The van der Waals surface area contributed by atoms with Gasteiger partial charge in [-0.2, -0.15) is 0 Å². The molecular formula is C13H10F2N2O. The molecule has 0 radical (unpaired) electrons. The molecule has 0 atom stereocenters. The number of amides is 1. The highest BCUT2D eigenvalue weighted by Gasteiger charge is 2.14. The minimum Gasteiger partial charge on any atom is -0.399 e. The smallest absolute Gasteiger partial charge is 0.248 e. The van der Waals surface area contributed by atoms with Crippen LogP contribution in [0.3, 0.4) is 0 Å². The highest BCUT2D eigenvalue weighted by molar-refractivity contribution is 5.94. The lowest BCUT2D eigenvalue weighted by Gasteiger charge is -2.07. The summed E-state index contributed by atoms with van der Waals surface area (Å²) >= 11 is 0. The molecule has 18 heavy (non-hydrogen) atoms. The van der Waals surface area contributed by atoms with Crippen LogP contribution in [-0.2, 0) is 0 Å². The number of anilines is 1. The number of rotatable bonds is 2. The first-order chi connectivity index (χ1) is 8.49. The fourth-order valence-corrected chi connectivity index (χ4v) is 1.60. The minimum absolute atomic E-state index is 0.0243. The van der Waals surface area contributed by atoms with Gasteiger partial charge in [-0.3, -0.25) is 4.79 Å². The lowest BCUT2D eigenvalue weighted by atomic mass is 10.0. The van der Waals surface area contributed by atoms with Gasteiger partial charge in [-0.15, -0.1) is 0 Å². The zero-order valence-electron chi connectivity index (χ0n) is 9.28. The number of hydrogen-bond donors (Lipinski definition) is 2. The molecule has 0 spiro atoms. The van der Waals surface area contributed by atoms with Crippen LogP contribution in [0.4, 0.5) is 14.5 Å². The van der Waals surface area contributed by atoms with Crippen LogP contribution in [0.2, 0.25) is 0 Å². The summed E-state index contributed by atoms with van der Waals surface area (Å²) in [6.07, 6.45) is 0. The summed E-state index contributed by atoms with van der Waals surface area (Å²) in [4.78, 5) is 11.0. The second-order valence-corrected chi connectivity index (χ2v) is 3.81. The first-order valence-corrected chi connectivity index (χ1v) is 5.14. The Morgan fingerprint density at radius 1 is 1.06 bits per heavy atom. The molecular weight excluding hydrogens is 238 g/mol. The molecule has 0 unspecified atom stereocenters. The van der Waals surface area contributed by atoms with Gasteiger partial charge in [0.15, 0.2) is 11.6 Å². The van der Waals surface area contributed by atoms with Crippen molar-refractivity contribution >= 4 is 11.6 Å². The van der Waals surface area contributed by atoms with E-state index in [1.54, 1.807) is 12.1 Å². The van der Waals surface area contributed by atoms with Gasteiger partial charge in [0, 0.05) is 16.8 Å². The Labute approximate surface area is 102 Å². The largest absolute Gasteiger partial charge is 0.399 e. The predicted octanol–water partition coefficient (Wildman–Crippen LogP) is 2.31. The Balaban J connectivity index is 2.62.